The van der Waals surface area contributed by atoms with Crippen LogP contribution in [-0.2, 0) is 9.47 Å². The van der Waals surface area contributed by atoms with E-state index >= 15 is 0 Å². The van der Waals surface area contributed by atoms with Gasteiger partial charge in [-0.05, 0) is 19.3 Å². The zero-order chi connectivity index (χ0) is 15.9. The van der Waals surface area contributed by atoms with Crippen molar-refractivity contribution in [2.75, 3.05) is 59.6 Å². The van der Waals surface area contributed by atoms with Crippen LogP contribution in [-0.4, -0.2) is 87.5 Å². The topological polar surface area (TPSA) is 49.3 Å². The first-order valence-electron chi connectivity index (χ1n) is 9.26. The van der Waals surface area contributed by atoms with Crippen LogP contribution in [0.5, 0.6) is 0 Å². The summed E-state index contributed by atoms with van der Waals surface area (Å²) >= 11 is 0. The molecule has 0 amide bonds. The van der Waals surface area contributed by atoms with Crippen LogP contribution in [0.1, 0.15) is 32.1 Å². The van der Waals surface area contributed by atoms with Crippen molar-refractivity contribution in [3.8, 4) is 0 Å². The zero-order valence-corrected chi connectivity index (χ0v) is 14.5. The van der Waals surface area contributed by atoms with Crippen LogP contribution in [0.4, 0.5) is 0 Å². The number of likely N-dealkylation sites (tertiary alicyclic amines) is 1. The Morgan fingerprint density at radius 2 is 1.96 bits per heavy atom. The highest BCUT2D eigenvalue weighted by Gasteiger charge is 2.30. The molecule has 1 atom stereocenters. The normalized spacial score (nSPS) is 27.8. The van der Waals surface area contributed by atoms with Gasteiger partial charge in [-0.3, -0.25) is 9.89 Å². The molecule has 0 aromatic rings. The van der Waals surface area contributed by atoms with Crippen molar-refractivity contribution in [2.45, 2.75) is 44.2 Å². The van der Waals surface area contributed by atoms with Crippen LogP contribution >= 0.6 is 0 Å². The molecular formula is C17H32N4O2. The minimum Gasteiger partial charge on any atom is -0.379 e. The molecule has 0 bridgehead atoms. The molecule has 1 aliphatic carbocycles. The van der Waals surface area contributed by atoms with Crippen LogP contribution in [0.2, 0.25) is 0 Å². The standard InChI is InChI=1S/C17H32N4O2/c1-18-17(19-7-11-23-16-4-2-3-5-16)21-8-6-15(14-21)20-9-12-22-13-10-20/h15-16H,2-14H2,1H3,(H,18,19). The summed E-state index contributed by atoms with van der Waals surface area (Å²) in [5, 5.41) is 3.47. The molecule has 0 aromatic carbocycles. The Kier molecular flexibility index (Phi) is 6.54. The second-order valence-electron chi connectivity index (χ2n) is 6.79. The van der Waals surface area contributed by atoms with E-state index < -0.39 is 0 Å². The average molecular weight is 324 g/mol. The van der Waals surface area contributed by atoms with Gasteiger partial charge < -0.3 is 19.7 Å². The van der Waals surface area contributed by atoms with Crippen molar-refractivity contribution in [2.24, 2.45) is 4.99 Å². The molecule has 23 heavy (non-hydrogen) atoms. The zero-order valence-electron chi connectivity index (χ0n) is 14.5. The first-order chi connectivity index (χ1) is 11.4. The molecule has 6 nitrogen and oxygen atoms in total. The fourth-order valence-corrected chi connectivity index (χ4v) is 3.95. The first-order valence-corrected chi connectivity index (χ1v) is 9.26. The Morgan fingerprint density at radius 1 is 1.17 bits per heavy atom. The summed E-state index contributed by atoms with van der Waals surface area (Å²) in [6, 6.07) is 0.646. The van der Waals surface area contributed by atoms with Crippen molar-refractivity contribution in [3.05, 3.63) is 0 Å². The fourth-order valence-electron chi connectivity index (χ4n) is 3.95. The minimum atomic E-state index is 0.497. The summed E-state index contributed by atoms with van der Waals surface area (Å²) in [5.74, 6) is 1.02. The fraction of sp³-hybridized carbons (Fsp3) is 0.941. The summed E-state index contributed by atoms with van der Waals surface area (Å²) in [6.07, 6.45) is 6.85. The molecule has 3 rings (SSSR count). The van der Waals surface area contributed by atoms with E-state index in [1.165, 1.54) is 32.1 Å². The van der Waals surface area contributed by atoms with E-state index in [0.717, 1.165) is 58.5 Å². The Hall–Kier alpha value is -0.850. The lowest BCUT2D eigenvalue weighted by Crippen LogP contribution is -2.47. The van der Waals surface area contributed by atoms with E-state index in [1.54, 1.807) is 0 Å². The molecule has 2 aliphatic heterocycles. The highest BCUT2D eigenvalue weighted by Crippen LogP contribution is 2.20. The highest BCUT2D eigenvalue weighted by molar-refractivity contribution is 5.80. The summed E-state index contributed by atoms with van der Waals surface area (Å²) in [4.78, 5) is 9.41. The number of guanidine groups is 1. The Bertz CT molecular complexity index is 379. The lowest BCUT2D eigenvalue weighted by molar-refractivity contribution is 0.0194. The number of aliphatic imine (C=N–C) groups is 1. The second kappa shape index (κ2) is 8.85. The third kappa shape index (κ3) is 4.81. The maximum atomic E-state index is 5.92. The van der Waals surface area contributed by atoms with Crippen molar-refractivity contribution in [3.63, 3.8) is 0 Å². The number of rotatable bonds is 5. The molecule has 0 spiro atoms. The quantitative estimate of drug-likeness (QED) is 0.463. The van der Waals surface area contributed by atoms with Gasteiger partial charge in [0.05, 0.1) is 25.9 Å². The molecule has 1 N–H and O–H groups in total. The van der Waals surface area contributed by atoms with Gasteiger partial charge in [0.1, 0.15) is 0 Å². The Morgan fingerprint density at radius 3 is 2.70 bits per heavy atom. The molecule has 132 valence electrons. The Labute approximate surface area is 140 Å². The predicted octanol–water partition coefficient (Wildman–Crippen LogP) is 0.928. The lowest BCUT2D eigenvalue weighted by atomic mass is 10.2. The molecule has 6 heteroatoms. The monoisotopic (exact) mass is 324 g/mol. The summed E-state index contributed by atoms with van der Waals surface area (Å²) in [6.45, 7) is 7.68. The molecule has 0 aromatic heterocycles. The number of nitrogens with zero attached hydrogens (tertiary/aromatic N) is 3. The Balaban J connectivity index is 1.36. The third-order valence-corrected chi connectivity index (χ3v) is 5.28. The van der Waals surface area contributed by atoms with Crippen LogP contribution in [0.15, 0.2) is 4.99 Å². The highest BCUT2D eigenvalue weighted by atomic mass is 16.5. The van der Waals surface area contributed by atoms with E-state index in [-0.39, 0.29) is 0 Å². The first kappa shape index (κ1) is 17.0. The maximum absolute atomic E-state index is 5.92. The molecular weight excluding hydrogens is 292 g/mol. The van der Waals surface area contributed by atoms with E-state index in [1.807, 2.05) is 7.05 Å². The van der Waals surface area contributed by atoms with Gasteiger partial charge >= 0.3 is 0 Å². The molecule has 2 saturated heterocycles. The van der Waals surface area contributed by atoms with E-state index in [0.29, 0.717) is 12.1 Å². The van der Waals surface area contributed by atoms with Crippen molar-refractivity contribution < 1.29 is 9.47 Å². The van der Waals surface area contributed by atoms with Gasteiger partial charge in [-0.1, -0.05) is 12.8 Å². The SMILES string of the molecule is CN=C(NCCOC1CCCC1)N1CCC(N2CCOCC2)C1. The molecule has 2 heterocycles. The molecule has 1 saturated carbocycles. The number of hydrogen-bond acceptors (Lipinski definition) is 4. The van der Waals surface area contributed by atoms with Crippen LogP contribution in [0.25, 0.3) is 0 Å². The van der Waals surface area contributed by atoms with E-state index in [2.05, 4.69) is 20.1 Å². The summed E-state index contributed by atoms with van der Waals surface area (Å²) in [5.41, 5.74) is 0. The van der Waals surface area contributed by atoms with Gasteiger partial charge in [0.15, 0.2) is 5.96 Å². The second-order valence-corrected chi connectivity index (χ2v) is 6.79. The van der Waals surface area contributed by atoms with Crippen LogP contribution in [0.3, 0.4) is 0 Å². The molecule has 0 radical (unpaired) electrons. The van der Waals surface area contributed by atoms with E-state index in [4.69, 9.17) is 9.47 Å². The summed E-state index contributed by atoms with van der Waals surface area (Å²) in [7, 11) is 1.88. The molecule has 3 fully saturated rings. The van der Waals surface area contributed by atoms with Crippen molar-refractivity contribution in [1.82, 2.24) is 15.1 Å². The largest absolute Gasteiger partial charge is 0.379 e. The third-order valence-electron chi connectivity index (χ3n) is 5.28. The van der Waals surface area contributed by atoms with Gasteiger partial charge in [-0.2, -0.15) is 0 Å². The number of nitrogens with one attached hydrogen (secondary N) is 1. The maximum Gasteiger partial charge on any atom is 0.193 e. The van der Waals surface area contributed by atoms with Gasteiger partial charge in [0.2, 0.25) is 0 Å². The van der Waals surface area contributed by atoms with E-state index in [9.17, 15) is 0 Å². The number of hydrogen-bond donors (Lipinski definition) is 1. The smallest absolute Gasteiger partial charge is 0.193 e. The molecule has 3 aliphatic rings. The van der Waals surface area contributed by atoms with Gasteiger partial charge in [0.25, 0.3) is 0 Å². The number of morpholine rings is 1. The lowest BCUT2D eigenvalue weighted by Gasteiger charge is -2.32. The number of ether oxygens (including phenoxy) is 2. The van der Waals surface area contributed by atoms with Crippen LogP contribution < -0.4 is 5.32 Å². The van der Waals surface area contributed by atoms with Crippen molar-refractivity contribution >= 4 is 5.96 Å². The van der Waals surface area contributed by atoms with Gasteiger partial charge in [-0.15, -0.1) is 0 Å². The average Bonchev–Trinajstić information content (AvgIpc) is 3.27. The summed E-state index contributed by atoms with van der Waals surface area (Å²) < 4.78 is 11.4. The van der Waals surface area contributed by atoms with Gasteiger partial charge in [-0.25, -0.2) is 0 Å². The molecule has 1 unspecified atom stereocenters. The minimum absolute atomic E-state index is 0.497. The van der Waals surface area contributed by atoms with Gasteiger partial charge in [0, 0.05) is 45.8 Å². The predicted molar refractivity (Wildman–Crippen MR) is 91.9 cm³/mol. The van der Waals surface area contributed by atoms with Crippen LogP contribution in [0, 0.1) is 0 Å². The van der Waals surface area contributed by atoms with Crippen molar-refractivity contribution in [1.29, 1.82) is 0 Å².